The van der Waals surface area contributed by atoms with Crippen molar-refractivity contribution in [1.29, 1.82) is 0 Å². The Hall–Kier alpha value is -1.44. The molecule has 2 N–H and O–H groups in total. The van der Waals surface area contributed by atoms with E-state index in [1.54, 1.807) is 0 Å². The fourth-order valence-electron chi connectivity index (χ4n) is 1.78. The van der Waals surface area contributed by atoms with E-state index in [1.165, 1.54) is 0 Å². The van der Waals surface area contributed by atoms with Crippen LogP contribution in [0.15, 0.2) is 36.9 Å². The van der Waals surface area contributed by atoms with Gasteiger partial charge in [-0.2, -0.15) is 0 Å². The first-order chi connectivity index (χ1) is 11.8. The van der Waals surface area contributed by atoms with Crippen LogP contribution in [0.5, 0.6) is 0 Å². The normalized spacial score (nSPS) is 10.7. The van der Waals surface area contributed by atoms with E-state index in [-0.39, 0.29) is 0 Å². The molecule has 0 aliphatic heterocycles. The van der Waals surface area contributed by atoms with Crippen LogP contribution in [0, 0.1) is 0 Å². The predicted octanol–water partition coefficient (Wildman–Crippen LogP) is 1.70. The average molecular weight is 339 g/mol. The second-order valence-electron chi connectivity index (χ2n) is 4.88. The number of rotatable bonds is 16. The molecule has 0 aliphatic rings. The molecule has 0 heterocycles. The third-order valence-electron chi connectivity index (χ3n) is 2.98. The molecule has 1 aromatic carbocycles. The Labute approximate surface area is 144 Å². The summed E-state index contributed by atoms with van der Waals surface area (Å²) in [5.74, 6) is 0.656. The Morgan fingerprint density at radius 1 is 0.708 bits per heavy atom. The van der Waals surface area contributed by atoms with Crippen molar-refractivity contribution < 1.29 is 23.7 Å². The van der Waals surface area contributed by atoms with Gasteiger partial charge in [-0.3, -0.25) is 0 Å². The van der Waals surface area contributed by atoms with Gasteiger partial charge in [-0.1, -0.05) is 36.9 Å². The Balaban J connectivity index is 1.80. The zero-order valence-corrected chi connectivity index (χ0v) is 14.3. The van der Waals surface area contributed by atoms with E-state index in [0.717, 1.165) is 5.56 Å². The quantitative estimate of drug-likeness (QED) is 0.365. The fraction of sp³-hybridized carbons (Fsp3) is 0.556. The fourth-order valence-corrected chi connectivity index (χ4v) is 1.78. The lowest BCUT2D eigenvalue weighted by Crippen LogP contribution is -2.14. The summed E-state index contributed by atoms with van der Waals surface area (Å²) in [5, 5.41) is 0. The first kappa shape index (κ1) is 20.6. The van der Waals surface area contributed by atoms with Gasteiger partial charge in [0, 0.05) is 12.1 Å². The lowest BCUT2D eigenvalue weighted by atomic mass is 10.2. The van der Waals surface area contributed by atoms with E-state index < -0.39 is 0 Å². The summed E-state index contributed by atoms with van der Waals surface area (Å²) in [5.41, 5.74) is 6.28. The highest BCUT2D eigenvalue weighted by Gasteiger charge is 1.98. The van der Waals surface area contributed by atoms with Gasteiger partial charge in [-0.05, 0) is 0 Å². The van der Waals surface area contributed by atoms with Crippen LogP contribution >= 0.6 is 0 Å². The van der Waals surface area contributed by atoms with Crippen molar-refractivity contribution in [2.45, 2.75) is 0 Å². The number of nitrogens with two attached hydrogens (primary N) is 1. The minimum absolute atomic E-state index is 0.472. The van der Waals surface area contributed by atoms with Crippen LogP contribution in [-0.2, 0) is 23.7 Å². The second kappa shape index (κ2) is 15.1. The standard InChI is InChI=1S/C18H29NO5/c1-17(18-5-3-2-4-6-18)24-16-15-23-14-13-22-12-11-21-10-9-20-8-7-19/h2-6H,1,7-16,19H2. The lowest BCUT2D eigenvalue weighted by Gasteiger charge is -2.10. The smallest absolute Gasteiger partial charge is 0.119 e. The summed E-state index contributed by atoms with van der Waals surface area (Å²) in [6, 6.07) is 9.79. The Bertz CT molecular complexity index is 413. The number of hydrogen-bond donors (Lipinski definition) is 1. The number of benzene rings is 1. The summed E-state index contributed by atoms with van der Waals surface area (Å²) >= 11 is 0. The maximum atomic E-state index is 5.53. The van der Waals surface area contributed by atoms with Crippen molar-refractivity contribution in [2.75, 3.05) is 66.0 Å². The molecule has 0 saturated carbocycles. The maximum Gasteiger partial charge on any atom is 0.119 e. The molecule has 6 nitrogen and oxygen atoms in total. The largest absolute Gasteiger partial charge is 0.491 e. The molecular formula is C18H29NO5. The molecule has 0 fully saturated rings. The van der Waals surface area contributed by atoms with Gasteiger partial charge < -0.3 is 29.4 Å². The lowest BCUT2D eigenvalue weighted by molar-refractivity contribution is -0.00479. The van der Waals surface area contributed by atoms with Gasteiger partial charge in [0.15, 0.2) is 0 Å². The van der Waals surface area contributed by atoms with E-state index in [9.17, 15) is 0 Å². The summed E-state index contributed by atoms with van der Waals surface area (Å²) in [6.45, 7) is 9.25. The van der Waals surface area contributed by atoms with Gasteiger partial charge in [0.25, 0.3) is 0 Å². The van der Waals surface area contributed by atoms with Crippen molar-refractivity contribution in [3.05, 3.63) is 42.5 Å². The van der Waals surface area contributed by atoms with Crippen molar-refractivity contribution >= 4 is 5.76 Å². The highest BCUT2D eigenvalue weighted by molar-refractivity contribution is 5.56. The van der Waals surface area contributed by atoms with E-state index in [4.69, 9.17) is 29.4 Å². The van der Waals surface area contributed by atoms with E-state index in [2.05, 4.69) is 6.58 Å². The molecule has 1 aromatic rings. The number of hydrogen-bond acceptors (Lipinski definition) is 6. The van der Waals surface area contributed by atoms with Crippen LogP contribution in [0.3, 0.4) is 0 Å². The minimum atomic E-state index is 0.472. The molecule has 0 aromatic heterocycles. The van der Waals surface area contributed by atoms with Gasteiger partial charge in [-0.25, -0.2) is 0 Å². The zero-order valence-electron chi connectivity index (χ0n) is 14.3. The monoisotopic (exact) mass is 339 g/mol. The predicted molar refractivity (Wildman–Crippen MR) is 93.8 cm³/mol. The van der Waals surface area contributed by atoms with E-state index in [1.807, 2.05) is 30.3 Å². The topological polar surface area (TPSA) is 72.2 Å². The minimum Gasteiger partial charge on any atom is -0.491 e. The Morgan fingerprint density at radius 3 is 1.67 bits per heavy atom. The van der Waals surface area contributed by atoms with Gasteiger partial charge in [0.1, 0.15) is 12.4 Å². The maximum absolute atomic E-state index is 5.53. The highest BCUT2D eigenvalue weighted by atomic mass is 16.6. The molecule has 0 spiro atoms. The Kier molecular flexibility index (Phi) is 13.0. The molecule has 0 amide bonds. The van der Waals surface area contributed by atoms with Crippen LogP contribution in [0.2, 0.25) is 0 Å². The molecular weight excluding hydrogens is 310 g/mol. The molecule has 0 aliphatic carbocycles. The third kappa shape index (κ3) is 11.2. The molecule has 0 radical (unpaired) electrons. The van der Waals surface area contributed by atoms with Crippen LogP contribution in [-0.4, -0.2) is 66.0 Å². The van der Waals surface area contributed by atoms with Gasteiger partial charge in [-0.15, -0.1) is 0 Å². The van der Waals surface area contributed by atoms with Crippen molar-refractivity contribution in [3.63, 3.8) is 0 Å². The molecule has 6 heteroatoms. The SMILES string of the molecule is C=C(OCCOCCOCCOCCOCCN)c1ccccc1. The molecule has 24 heavy (non-hydrogen) atoms. The molecule has 0 bridgehead atoms. The summed E-state index contributed by atoms with van der Waals surface area (Å²) < 4.78 is 26.9. The van der Waals surface area contributed by atoms with Crippen molar-refractivity contribution in [2.24, 2.45) is 5.73 Å². The van der Waals surface area contributed by atoms with Crippen LogP contribution in [0.1, 0.15) is 5.56 Å². The van der Waals surface area contributed by atoms with Crippen LogP contribution in [0.25, 0.3) is 5.76 Å². The molecule has 136 valence electrons. The van der Waals surface area contributed by atoms with Crippen LogP contribution in [0.4, 0.5) is 0 Å². The first-order valence-electron chi connectivity index (χ1n) is 8.22. The zero-order chi connectivity index (χ0) is 17.3. The van der Waals surface area contributed by atoms with E-state index in [0.29, 0.717) is 71.8 Å². The first-order valence-corrected chi connectivity index (χ1v) is 8.22. The molecule has 1 rings (SSSR count). The van der Waals surface area contributed by atoms with E-state index >= 15 is 0 Å². The Morgan fingerprint density at radius 2 is 1.17 bits per heavy atom. The highest BCUT2D eigenvalue weighted by Crippen LogP contribution is 2.12. The third-order valence-corrected chi connectivity index (χ3v) is 2.98. The number of ether oxygens (including phenoxy) is 5. The van der Waals surface area contributed by atoms with Gasteiger partial charge in [0.05, 0.1) is 52.9 Å². The molecule has 0 atom stereocenters. The van der Waals surface area contributed by atoms with Crippen molar-refractivity contribution in [1.82, 2.24) is 0 Å². The second-order valence-corrected chi connectivity index (χ2v) is 4.88. The molecule has 0 unspecified atom stereocenters. The van der Waals surface area contributed by atoms with Crippen molar-refractivity contribution in [3.8, 4) is 0 Å². The summed E-state index contributed by atoms with van der Waals surface area (Å²) in [7, 11) is 0. The summed E-state index contributed by atoms with van der Waals surface area (Å²) in [6.07, 6.45) is 0. The van der Waals surface area contributed by atoms with Crippen LogP contribution < -0.4 is 5.73 Å². The average Bonchev–Trinajstić information content (AvgIpc) is 2.62. The summed E-state index contributed by atoms with van der Waals surface area (Å²) in [4.78, 5) is 0. The molecule has 0 saturated heterocycles. The van der Waals surface area contributed by atoms with Gasteiger partial charge >= 0.3 is 0 Å². The van der Waals surface area contributed by atoms with Gasteiger partial charge in [0.2, 0.25) is 0 Å².